The van der Waals surface area contributed by atoms with Crippen molar-refractivity contribution in [2.45, 2.75) is 40.0 Å². The molecule has 0 aliphatic carbocycles. The van der Waals surface area contributed by atoms with Gasteiger partial charge in [0.1, 0.15) is 17.8 Å². The molecule has 1 unspecified atom stereocenters. The number of para-hydroxylation sites is 1. The second-order valence-electron chi connectivity index (χ2n) is 6.72. The molecule has 1 aromatic carbocycles. The summed E-state index contributed by atoms with van der Waals surface area (Å²) < 4.78 is 5.69. The van der Waals surface area contributed by atoms with Crippen LogP contribution in [0.15, 0.2) is 24.3 Å². The van der Waals surface area contributed by atoms with Crippen LogP contribution < -0.4 is 4.74 Å². The van der Waals surface area contributed by atoms with E-state index in [-0.39, 0.29) is 12.0 Å². The van der Waals surface area contributed by atoms with Crippen LogP contribution in [0.1, 0.15) is 39.2 Å². The Balaban J connectivity index is 2.21. The lowest BCUT2D eigenvalue weighted by Crippen LogP contribution is -2.42. The summed E-state index contributed by atoms with van der Waals surface area (Å²) in [6.45, 7) is 6.69. The molecular weight excluding hydrogens is 240 g/mol. The third-order valence-corrected chi connectivity index (χ3v) is 3.81. The van der Waals surface area contributed by atoms with Crippen LogP contribution in [0.4, 0.5) is 0 Å². The first kappa shape index (κ1) is 13.9. The van der Waals surface area contributed by atoms with Crippen molar-refractivity contribution >= 4 is 5.97 Å². The van der Waals surface area contributed by atoms with E-state index in [1.54, 1.807) is 0 Å². The van der Waals surface area contributed by atoms with Crippen LogP contribution in [0.25, 0.3) is 0 Å². The lowest BCUT2D eigenvalue weighted by atomic mass is 9.73. The van der Waals surface area contributed by atoms with E-state index in [9.17, 15) is 9.90 Å². The van der Waals surface area contributed by atoms with Crippen molar-refractivity contribution in [3.63, 3.8) is 0 Å². The van der Waals surface area contributed by atoms with Crippen molar-refractivity contribution < 1.29 is 14.6 Å². The minimum absolute atomic E-state index is 0.138. The van der Waals surface area contributed by atoms with Gasteiger partial charge < -0.3 is 9.84 Å². The summed E-state index contributed by atoms with van der Waals surface area (Å²) in [6, 6.07) is 7.72. The summed E-state index contributed by atoms with van der Waals surface area (Å²) in [5.41, 5.74) is 0.367. The number of carboxylic acids is 1. The number of fused-ring (bicyclic) bond motifs is 1. The van der Waals surface area contributed by atoms with E-state index >= 15 is 0 Å². The summed E-state index contributed by atoms with van der Waals surface area (Å²) >= 11 is 0. The Morgan fingerprint density at radius 2 is 2.05 bits per heavy atom. The Hall–Kier alpha value is -1.51. The van der Waals surface area contributed by atoms with Crippen LogP contribution in [-0.2, 0) is 11.2 Å². The lowest BCUT2D eigenvalue weighted by molar-refractivity contribution is -0.152. The highest BCUT2D eigenvalue weighted by Gasteiger charge is 2.43. The maximum Gasteiger partial charge on any atom is 0.313 e. The molecule has 1 aliphatic heterocycles. The first-order valence-electron chi connectivity index (χ1n) is 6.77. The van der Waals surface area contributed by atoms with Gasteiger partial charge in [0, 0.05) is 0 Å². The predicted octanol–water partition coefficient (Wildman–Crippen LogP) is 3.52. The van der Waals surface area contributed by atoms with E-state index in [2.05, 4.69) is 20.8 Å². The zero-order chi connectivity index (χ0) is 14.1. The van der Waals surface area contributed by atoms with Crippen LogP contribution in [0.2, 0.25) is 0 Å². The van der Waals surface area contributed by atoms with E-state index in [0.717, 1.165) is 17.7 Å². The fraction of sp³-hybridized carbons (Fsp3) is 0.562. The molecule has 19 heavy (non-hydrogen) atoms. The molecular formula is C16H22O3. The van der Waals surface area contributed by atoms with E-state index in [1.165, 1.54) is 0 Å². The Morgan fingerprint density at radius 1 is 1.37 bits per heavy atom. The van der Waals surface area contributed by atoms with Crippen LogP contribution in [0.5, 0.6) is 5.75 Å². The molecule has 1 aromatic rings. The number of carbonyl (C=O) groups is 1. The van der Waals surface area contributed by atoms with Gasteiger partial charge in [0.05, 0.1) is 0 Å². The number of ether oxygens (including phenoxy) is 1. The molecule has 0 spiro atoms. The second kappa shape index (κ2) is 4.87. The molecule has 0 saturated heterocycles. The van der Waals surface area contributed by atoms with Crippen LogP contribution >= 0.6 is 0 Å². The zero-order valence-electron chi connectivity index (χ0n) is 11.9. The molecule has 3 nitrogen and oxygen atoms in total. The van der Waals surface area contributed by atoms with Crippen LogP contribution in [0, 0.1) is 10.8 Å². The molecule has 1 N–H and O–H groups in total. The van der Waals surface area contributed by atoms with E-state index < -0.39 is 11.4 Å². The number of hydrogen-bond acceptors (Lipinski definition) is 2. The first-order valence-corrected chi connectivity index (χ1v) is 6.77. The van der Waals surface area contributed by atoms with Gasteiger partial charge in [-0.2, -0.15) is 0 Å². The largest absolute Gasteiger partial charge is 0.492 e. The van der Waals surface area contributed by atoms with Gasteiger partial charge in [-0.15, -0.1) is 0 Å². The minimum Gasteiger partial charge on any atom is -0.492 e. The SMILES string of the molecule is CC(C)(C)CCC1(C(=O)O)COc2ccccc2C1. The third-order valence-electron chi connectivity index (χ3n) is 3.81. The predicted molar refractivity (Wildman–Crippen MR) is 74.4 cm³/mol. The summed E-state index contributed by atoms with van der Waals surface area (Å²) in [5.74, 6) is 0.0846. The van der Waals surface area contributed by atoms with Crippen LogP contribution in [0.3, 0.4) is 0 Å². The Morgan fingerprint density at radius 3 is 2.68 bits per heavy atom. The molecule has 0 aromatic heterocycles. The quantitative estimate of drug-likeness (QED) is 0.906. The second-order valence-corrected chi connectivity index (χ2v) is 6.72. The Bertz CT molecular complexity index is 473. The molecule has 0 amide bonds. The molecule has 0 fully saturated rings. The highest BCUT2D eigenvalue weighted by molar-refractivity contribution is 5.76. The standard InChI is InChI=1S/C16H22O3/c1-15(2,3)8-9-16(14(17)18)10-12-6-4-5-7-13(12)19-11-16/h4-7H,8-11H2,1-3H3,(H,17,18). The summed E-state index contributed by atoms with van der Waals surface area (Å²) in [7, 11) is 0. The minimum atomic E-state index is -0.776. The molecule has 0 bridgehead atoms. The molecule has 104 valence electrons. The fourth-order valence-corrected chi connectivity index (χ4v) is 2.44. The summed E-state index contributed by atoms with van der Waals surface area (Å²) in [6.07, 6.45) is 2.10. The van der Waals surface area contributed by atoms with Gasteiger partial charge in [-0.3, -0.25) is 4.79 Å². The van der Waals surface area contributed by atoms with Crippen molar-refractivity contribution in [1.29, 1.82) is 0 Å². The van der Waals surface area contributed by atoms with Gasteiger partial charge in [0.25, 0.3) is 0 Å². The highest BCUT2D eigenvalue weighted by atomic mass is 16.5. The van der Waals surface area contributed by atoms with E-state index in [4.69, 9.17) is 4.74 Å². The van der Waals surface area contributed by atoms with Crippen molar-refractivity contribution in [3.8, 4) is 5.75 Å². The molecule has 1 heterocycles. The number of carboxylic acid groups (broad SMARTS) is 1. The average Bonchev–Trinajstić information content (AvgIpc) is 2.35. The highest BCUT2D eigenvalue weighted by Crippen LogP contribution is 2.40. The van der Waals surface area contributed by atoms with Gasteiger partial charge in [0.2, 0.25) is 0 Å². The topological polar surface area (TPSA) is 46.5 Å². The molecule has 1 atom stereocenters. The lowest BCUT2D eigenvalue weighted by Gasteiger charge is -2.36. The molecule has 3 heteroatoms. The smallest absolute Gasteiger partial charge is 0.313 e. The summed E-state index contributed by atoms with van der Waals surface area (Å²) in [4.78, 5) is 11.7. The number of rotatable bonds is 3. The molecule has 0 radical (unpaired) electrons. The molecule has 1 aliphatic rings. The molecule has 0 saturated carbocycles. The number of aliphatic carboxylic acids is 1. The van der Waals surface area contributed by atoms with Crippen LogP contribution in [-0.4, -0.2) is 17.7 Å². The zero-order valence-corrected chi connectivity index (χ0v) is 11.9. The van der Waals surface area contributed by atoms with Gasteiger partial charge >= 0.3 is 5.97 Å². The van der Waals surface area contributed by atoms with Crippen molar-refractivity contribution in [3.05, 3.63) is 29.8 Å². The number of hydrogen-bond donors (Lipinski definition) is 1. The van der Waals surface area contributed by atoms with Gasteiger partial charge in [-0.1, -0.05) is 39.0 Å². The van der Waals surface area contributed by atoms with E-state index in [0.29, 0.717) is 12.8 Å². The fourth-order valence-electron chi connectivity index (χ4n) is 2.44. The van der Waals surface area contributed by atoms with Crippen molar-refractivity contribution in [2.24, 2.45) is 10.8 Å². The first-order chi connectivity index (χ1) is 8.82. The van der Waals surface area contributed by atoms with E-state index in [1.807, 2.05) is 24.3 Å². The van der Waals surface area contributed by atoms with Gasteiger partial charge in [0.15, 0.2) is 0 Å². The average molecular weight is 262 g/mol. The third kappa shape index (κ3) is 3.09. The van der Waals surface area contributed by atoms with Gasteiger partial charge in [-0.05, 0) is 36.3 Å². The van der Waals surface area contributed by atoms with Crippen molar-refractivity contribution in [2.75, 3.05) is 6.61 Å². The number of benzene rings is 1. The van der Waals surface area contributed by atoms with Crippen molar-refractivity contribution in [1.82, 2.24) is 0 Å². The Labute approximate surface area is 114 Å². The normalized spacial score (nSPS) is 22.5. The Kier molecular flexibility index (Phi) is 3.57. The van der Waals surface area contributed by atoms with Gasteiger partial charge in [-0.25, -0.2) is 0 Å². The maximum absolute atomic E-state index is 11.7. The maximum atomic E-state index is 11.7. The summed E-state index contributed by atoms with van der Waals surface area (Å²) in [5, 5.41) is 9.63. The monoisotopic (exact) mass is 262 g/mol. The molecule has 2 rings (SSSR count).